The van der Waals surface area contributed by atoms with Crippen molar-refractivity contribution in [2.24, 2.45) is 17.8 Å². The minimum atomic E-state index is -0.518. The summed E-state index contributed by atoms with van der Waals surface area (Å²) in [5.74, 6) is 0.462. The van der Waals surface area contributed by atoms with Crippen LogP contribution in [-0.2, 0) is 19.1 Å². The van der Waals surface area contributed by atoms with Crippen LogP contribution >= 0.6 is 0 Å². The first-order chi connectivity index (χ1) is 15.8. The molecular formula is C24H32N2O7. The molecule has 0 spiro atoms. The largest absolute Gasteiger partial charge is 0.462 e. The lowest BCUT2D eigenvalue weighted by Crippen LogP contribution is -2.35. The Morgan fingerprint density at radius 1 is 1.15 bits per heavy atom. The number of aromatic nitrogens is 2. The second-order valence-electron chi connectivity index (χ2n) is 8.87. The van der Waals surface area contributed by atoms with Gasteiger partial charge in [-0.15, -0.1) is 0 Å². The second kappa shape index (κ2) is 11.7. The van der Waals surface area contributed by atoms with Crippen molar-refractivity contribution in [3.8, 4) is 17.1 Å². The van der Waals surface area contributed by atoms with Gasteiger partial charge < -0.3 is 19.4 Å². The van der Waals surface area contributed by atoms with Crippen molar-refractivity contribution in [3.63, 3.8) is 0 Å². The van der Waals surface area contributed by atoms with E-state index in [4.69, 9.17) is 14.2 Å². The highest BCUT2D eigenvalue weighted by Crippen LogP contribution is 2.35. The lowest BCUT2D eigenvalue weighted by molar-refractivity contribution is -0.793. The van der Waals surface area contributed by atoms with E-state index in [-0.39, 0.29) is 54.6 Å². The number of carbonyl (C=O) groups excluding carboxylic acids is 2. The maximum Gasteiger partial charge on any atom is 0.403 e. The van der Waals surface area contributed by atoms with Crippen LogP contribution in [0.2, 0.25) is 0 Å². The molecule has 1 saturated carbocycles. The number of hydrogen-bond donors (Lipinski definition) is 0. The molecule has 1 aliphatic rings. The van der Waals surface area contributed by atoms with Gasteiger partial charge in [-0.05, 0) is 35.5 Å². The van der Waals surface area contributed by atoms with Crippen molar-refractivity contribution in [1.82, 2.24) is 5.16 Å². The number of nitrogens with zero attached hydrogens (tertiary/aromatic N) is 2. The highest BCUT2D eigenvalue weighted by Gasteiger charge is 2.33. The van der Waals surface area contributed by atoms with Gasteiger partial charge in [0.15, 0.2) is 0 Å². The first kappa shape index (κ1) is 24.5. The highest BCUT2D eigenvalue weighted by molar-refractivity contribution is 5.77. The Labute approximate surface area is 193 Å². The Kier molecular flexibility index (Phi) is 8.68. The van der Waals surface area contributed by atoms with Gasteiger partial charge in [-0.2, -0.15) is 0 Å². The maximum atomic E-state index is 12.3. The fraction of sp³-hybridized carbons (Fsp3) is 0.583. The van der Waals surface area contributed by atoms with E-state index in [1.807, 2.05) is 6.07 Å². The van der Waals surface area contributed by atoms with Crippen LogP contribution in [0.4, 0.5) is 0 Å². The summed E-state index contributed by atoms with van der Waals surface area (Å²) in [7, 11) is 0. The van der Waals surface area contributed by atoms with E-state index in [1.165, 1.54) is 0 Å². The van der Waals surface area contributed by atoms with Gasteiger partial charge in [-0.25, -0.2) is 0 Å². The van der Waals surface area contributed by atoms with E-state index in [9.17, 15) is 14.8 Å². The number of benzene rings is 1. The maximum absolute atomic E-state index is 12.3. The minimum absolute atomic E-state index is 0.0113. The van der Waals surface area contributed by atoms with Crippen LogP contribution in [-0.4, -0.2) is 36.4 Å². The molecule has 1 aromatic carbocycles. The summed E-state index contributed by atoms with van der Waals surface area (Å²) in [6, 6.07) is 8.82. The zero-order valence-corrected chi connectivity index (χ0v) is 19.4. The van der Waals surface area contributed by atoms with Gasteiger partial charge in [-0.3, -0.25) is 14.2 Å². The molecule has 1 aromatic heterocycles. The van der Waals surface area contributed by atoms with Crippen LogP contribution in [0.3, 0.4) is 0 Å². The van der Waals surface area contributed by atoms with Crippen LogP contribution < -0.4 is 9.64 Å². The van der Waals surface area contributed by atoms with Gasteiger partial charge >= 0.3 is 17.8 Å². The van der Waals surface area contributed by atoms with Crippen LogP contribution in [0.25, 0.3) is 11.3 Å². The molecule has 0 amide bonds. The average Bonchev–Trinajstić information content (AvgIpc) is 3.16. The van der Waals surface area contributed by atoms with E-state index in [2.05, 4.69) is 30.6 Å². The topological polar surface area (TPSA) is 115 Å². The molecule has 3 rings (SSSR count). The predicted octanol–water partition coefficient (Wildman–Crippen LogP) is 3.68. The molecule has 180 valence electrons. The summed E-state index contributed by atoms with van der Waals surface area (Å²) in [6.45, 7) is 6.41. The first-order valence-corrected chi connectivity index (χ1v) is 11.5. The molecule has 0 bridgehead atoms. The molecule has 0 unspecified atom stereocenters. The Morgan fingerprint density at radius 3 is 2.61 bits per heavy atom. The zero-order valence-electron chi connectivity index (χ0n) is 19.4. The third-order valence-electron chi connectivity index (χ3n) is 5.99. The number of ether oxygens (including phenoxy) is 3. The molecule has 0 saturated heterocycles. The second-order valence-corrected chi connectivity index (χ2v) is 8.87. The van der Waals surface area contributed by atoms with Crippen molar-refractivity contribution < 1.29 is 33.3 Å². The lowest BCUT2D eigenvalue weighted by atomic mass is 9.75. The monoisotopic (exact) mass is 460 g/mol. The highest BCUT2D eigenvalue weighted by atomic mass is 16.8. The molecule has 2 aromatic rings. The van der Waals surface area contributed by atoms with E-state index in [0.29, 0.717) is 23.3 Å². The third kappa shape index (κ3) is 6.94. The number of hydrogen-bond acceptors (Lipinski definition) is 8. The number of carbonyl (C=O) groups is 2. The molecule has 1 heterocycles. The fourth-order valence-corrected chi connectivity index (χ4v) is 4.20. The normalized spacial score (nSPS) is 20.4. The SMILES string of the molecule is CC(C)[C@@H]1CC[C@@H](C)C[C@H]1OC(=O)CCC(=O)OCCOc1no[n+]([O-])c1-c1ccccc1. The van der Waals surface area contributed by atoms with Gasteiger partial charge in [-0.1, -0.05) is 57.5 Å². The average molecular weight is 461 g/mol. The molecule has 9 heteroatoms. The summed E-state index contributed by atoms with van der Waals surface area (Å²) in [6.07, 6.45) is 2.91. The quantitative estimate of drug-likeness (QED) is 0.300. The smallest absolute Gasteiger partial charge is 0.403 e. The third-order valence-corrected chi connectivity index (χ3v) is 5.99. The van der Waals surface area contributed by atoms with Crippen LogP contribution in [0.1, 0.15) is 52.9 Å². The van der Waals surface area contributed by atoms with Crippen molar-refractivity contribution in [1.29, 1.82) is 0 Å². The summed E-state index contributed by atoms with van der Waals surface area (Å²) in [5, 5.41) is 15.4. The lowest BCUT2D eigenvalue weighted by Gasteiger charge is -2.36. The van der Waals surface area contributed by atoms with Crippen LogP contribution in [0.5, 0.6) is 5.88 Å². The van der Waals surface area contributed by atoms with Gasteiger partial charge in [0.05, 0.1) is 18.0 Å². The molecule has 3 atom stereocenters. The Hall–Kier alpha value is -3.10. The molecular weight excluding hydrogens is 428 g/mol. The Balaban J connectivity index is 1.38. The summed E-state index contributed by atoms with van der Waals surface area (Å²) < 4.78 is 20.9. The van der Waals surface area contributed by atoms with Crippen LogP contribution in [0.15, 0.2) is 35.0 Å². The van der Waals surface area contributed by atoms with Gasteiger partial charge in [0, 0.05) is 5.56 Å². The molecule has 0 N–H and O–H groups in total. The molecule has 0 aliphatic heterocycles. The first-order valence-electron chi connectivity index (χ1n) is 11.5. The van der Waals surface area contributed by atoms with Gasteiger partial charge in [0.25, 0.3) is 5.69 Å². The molecule has 9 nitrogen and oxygen atoms in total. The molecule has 1 fully saturated rings. The molecule has 0 radical (unpaired) electrons. The van der Waals surface area contributed by atoms with E-state index >= 15 is 0 Å². The van der Waals surface area contributed by atoms with Crippen molar-refractivity contribution in [2.75, 3.05) is 13.2 Å². The van der Waals surface area contributed by atoms with E-state index < -0.39 is 5.97 Å². The van der Waals surface area contributed by atoms with Crippen molar-refractivity contribution in [3.05, 3.63) is 35.5 Å². The fourth-order valence-electron chi connectivity index (χ4n) is 4.20. The molecule has 1 aliphatic carbocycles. The minimum Gasteiger partial charge on any atom is -0.462 e. The van der Waals surface area contributed by atoms with E-state index in [0.717, 1.165) is 19.3 Å². The summed E-state index contributed by atoms with van der Waals surface area (Å²) >= 11 is 0. The summed E-state index contributed by atoms with van der Waals surface area (Å²) in [5.41, 5.74) is 0.729. The van der Waals surface area contributed by atoms with Crippen molar-refractivity contribution in [2.45, 2.75) is 59.0 Å². The van der Waals surface area contributed by atoms with Crippen molar-refractivity contribution >= 4 is 11.9 Å². The van der Waals surface area contributed by atoms with E-state index in [1.54, 1.807) is 24.3 Å². The Bertz CT molecular complexity index is 913. The summed E-state index contributed by atoms with van der Waals surface area (Å²) in [4.78, 5) is 24.5. The Morgan fingerprint density at radius 2 is 1.88 bits per heavy atom. The van der Waals surface area contributed by atoms with Gasteiger partial charge in [0.1, 0.15) is 19.3 Å². The predicted molar refractivity (Wildman–Crippen MR) is 118 cm³/mol. The standard InChI is InChI=1S/C24H32N2O7/c1-16(2)19-10-9-17(3)15-20(19)32-22(28)12-11-21(27)30-13-14-31-24-23(26(29)33-25-24)18-7-5-4-6-8-18/h4-8,16-17,19-20H,9-15H2,1-3H3/t17-,19+,20-/m1/s1. The van der Waals surface area contributed by atoms with Gasteiger partial charge in [0.2, 0.25) is 0 Å². The zero-order chi connectivity index (χ0) is 23.8. The molecule has 33 heavy (non-hydrogen) atoms. The van der Waals surface area contributed by atoms with Crippen LogP contribution in [0, 0.1) is 23.0 Å². The number of rotatable bonds is 10. The number of esters is 2.